The number of nitrogens with one attached hydrogen (secondary N) is 2. The average Bonchev–Trinajstić information content (AvgIpc) is 2.71. The van der Waals surface area contributed by atoms with Gasteiger partial charge in [-0.05, 0) is 50.3 Å². The highest BCUT2D eigenvalue weighted by Crippen LogP contribution is 2.25. The topological polar surface area (TPSA) is 53.6 Å². The van der Waals surface area contributed by atoms with E-state index in [-0.39, 0.29) is 11.9 Å². The van der Waals surface area contributed by atoms with Crippen molar-refractivity contribution in [1.29, 1.82) is 0 Å². The lowest BCUT2D eigenvalue weighted by molar-refractivity contribution is -0.122. The van der Waals surface area contributed by atoms with Crippen molar-refractivity contribution in [2.24, 2.45) is 11.8 Å². The van der Waals surface area contributed by atoms with Crippen molar-refractivity contribution in [3.63, 3.8) is 0 Å². The number of amides is 1. The van der Waals surface area contributed by atoms with Gasteiger partial charge < -0.3 is 15.4 Å². The first-order chi connectivity index (χ1) is 13.1. The molecule has 1 aromatic rings. The van der Waals surface area contributed by atoms with Crippen molar-refractivity contribution >= 4 is 5.91 Å². The summed E-state index contributed by atoms with van der Waals surface area (Å²) in [6.07, 6.45) is 3.01. The summed E-state index contributed by atoms with van der Waals surface area (Å²) in [5.41, 5.74) is 2.54. The minimum Gasteiger partial charge on any atom is -0.379 e. The highest BCUT2D eigenvalue weighted by Gasteiger charge is 2.25. The Morgan fingerprint density at radius 1 is 1.22 bits per heavy atom. The van der Waals surface area contributed by atoms with Crippen molar-refractivity contribution in [3.05, 3.63) is 35.4 Å². The number of benzene rings is 1. The standard InChI is InChI=1S/C22H35N3O2/c1-17-3-5-20(6-4-17)21(25-11-13-27-14-12-25)16-24-22(26)15-18(2)19-7-9-23-10-8-19/h3-6,18-19,21,23H,7-16H2,1-2H3,(H,24,26). The first kappa shape index (κ1) is 20.3. The first-order valence-electron chi connectivity index (χ1n) is 10.5. The number of hydrogen-bond acceptors (Lipinski definition) is 4. The zero-order valence-electron chi connectivity index (χ0n) is 16.9. The van der Waals surface area contributed by atoms with E-state index in [1.165, 1.54) is 24.0 Å². The number of rotatable bonds is 7. The van der Waals surface area contributed by atoms with E-state index in [9.17, 15) is 4.79 Å². The molecular weight excluding hydrogens is 338 g/mol. The van der Waals surface area contributed by atoms with Crippen LogP contribution in [0.1, 0.15) is 43.4 Å². The van der Waals surface area contributed by atoms with Crippen LogP contribution in [-0.2, 0) is 9.53 Å². The largest absolute Gasteiger partial charge is 0.379 e. The molecule has 0 radical (unpaired) electrons. The number of carbonyl (C=O) groups is 1. The van der Waals surface area contributed by atoms with Crippen molar-refractivity contribution in [1.82, 2.24) is 15.5 Å². The molecule has 150 valence electrons. The van der Waals surface area contributed by atoms with Gasteiger partial charge in [-0.1, -0.05) is 36.8 Å². The van der Waals surface area contributed by atoms with Gasteiger partial charge in [0.15, 0.2) is 0 Å². The molecule has 5 heteroatoms. The average molecular weight is 374 g/mol. The monoisotopic (exact) mass is 373 g/mol. The fraction of sp³-hybridized carbons (Fsp3) is 0.682. The molecule has 0 spiro atoms. The predicted molar refractivity (Wildman–Crippen MR) is 109 cm³/mol. The molecule has 0 saturated carbocycles. The van der Waals surface area contributed by atoms with Gasteiger partial charge in [-0.15, -0.1) is 0 Å². The summed E-state index contributed by atoms with van der Waals surface area (Å²) < 4.78 is 5.52. The Hall–Kier alpha value is -1.43. The van der Waals surface area contributed by atoms with Gasteiger partial charge in [0, 0.05) is 26.1 Å². The SMILES string of the molecule is Cc1ccc(C(CNC(=O)CC(C)C2CCNCC2)N2CCOCC2)cc1. The molecule has 0 bridgehead atoms. The number of piperidine rings is 1. The fourth-order valence-electron chi connectivity index (χ4n) is 4.29. The molecule has 1 aromatic carbocycles. The van der Waals surface area contributed by atoms with Crippen LogP contribution in [0.5, 0.6) is 0 Å². The highest BCUT2D eigenvalue weighted by molar-refractivity contribution is 5.76. The molecule has 2 heterocycles. The van der Waals surface area contributed by atoms with Gasteiger partial charge in [-0.2, -0.15) is 0 Å². The zero-order chi connectivity index (χ0) is 19.1. The van der Waals surface area contributed by atoms with Crippen LogP contribution in [0.3, 0.4) is 0 Å². The summed E-state index contributed by atoms with van der Waals surface area (Å²) in [7, 11) is 0. The Morgan fingerprint density at radius 2 is 1.89 bits per heavy atom. The third-order valence-electron chi connectivity index (χ3n) is 6.14. The number of nitrogens with zero attached hydrogens (tertiary/aromatic N) is 1. The summed E-state index contributed by atoms with van der Waals surface area (Å²) in [6, 6.07) is 8.92. The van der Waals surface area contributed by atoms with E-state index in [0.717, 1.165) is 39.4 Å². The van der Waals surface area contributed by atoms with E-state index in [1.807, 2.05) is 0 Å². The first-order valence-corrected chi connectivity index (χ1v) is 10.5. The van der Waals surface area contributed by atoms with E-state index in [0.29, 0.717) is 24.8 Å². The molecule has 1 amide bonds. The molecule has 5 nitrogen and oxygen atoms in total. The Labute approximate surface area is 163 Å². The summed E-state index contributed by atoms with van der Waals surface area (Å²) in [5, 5.41) is 6.63. The summed E-state index contributed by atoms with van der Waals surface area (Å²) in [5.74, 6) is 1.31. The predicted octanol–water partition coefficient (Wildman–Crippen LogP) is 2.51. The number of morpholine rings is 1. The fourth-order valence-corrected chi connectivity index (χ4v) is 4.29. The van der Waals surface area contributed by atoms with Gasteiger partial charge in [0.1, 0.15) is 0 Å². The molecule has 2 atom stereocenters. The molecule has 2 aliphatic heterocycles. The quantitative estimate of drug-likeness (QED) is 0.771. The van der Waals surface area contributed by atoms with E-state index in [2.05, 4.69) is 53.6 Å². The van der Waals surface area contributed by atoms with Gasteiger partial charge >= 0.3 is 0 Å². The second-order valence-corrected chi connectivity index (χ2v) is 8.15. The van der Waals surface area contributed by atoms with Gasteiger partial charge in [-0.25, -0.2) is 0 Å². The second-order valence-electron chi connectivity index (χ2n) is 8.15. The molecule has 2 N–H and O–H groups in total. The third-order valence-corrected chi connectivity index (χ3v) is 6.14. The van der Waals surface area contributed by atoms with Crippen molar-refractivity contribution in [2.45, 2.75) is 39.2 Å². The molecule has 3 rings (SSSR count). The lowest BCUT2D eigenvalue weighted by Gasteiger charge is -2.35. The van der Waals surface area contributed by atoms with Crippen LogP contribution in [-0.4, -0.2) is 56.7 Å². The molecule has 2 aliphatic rings. The Kier molecular flexibility index (Phi) is 7.68. The molecule has 27 heavy (non-hydrogen) atoms. The molecule has 2 fully saturated rings. The maximum absolute atomic E-state index is 12.6. The normalized spacial score (nSPS) is 21.6. The Bertz CT molecular complexity index is 578. The molecule has 2 saturated heterocycles. The van der Waals surface area contributed by atoms with Gasteiger partial charge in [0.05, 0.1) is 19.3 Å². The highest BCUT2D eigenvalue weighted by atomic mass is 16.5. The van der Waals surface area contributed by atoms with Crippen LogP contribution in [0.4, 0.5) is 0 Å². The van der Waals surface area contributed by atoms with E-state index >= 15 is 0 Å². The van der Waals surface area contributed by atoms with Crippen LogP contribution in [0.25, 0.3) is 0 Å². The number of hydrogen-bond donors (Lipinski definition) is 2. The zero-order valence-corrected chi connectivity index (χ0v) is 16.9. The number of carbonyl (C=O) groups excluding carboxylic acids is 1. The lowest BCUT2D eigenvalue weighted by Crippen LogP contribution is -2.44. The minimum atomic E-state index is 0.186. The van der Waals surface area contributed by atoms with E-state index in [4.69, 9.17) is 4.74 Å². The molecular formula is C22H35N3O2. The maximum atomic E-state index is 12.6. The summed E-state index contributed by atoms with van der Waals surface area (Å²) in [4.78, 5) is 15.0. The molecule has 0 aromatic heterocycles. The van der Waals surface area contributed by atoms with Crippen molar-refractivity contribution in [3.8, 4) is 0 Å². The molecule has 2 unspecified atom stereocenters. The van der Waals surface area contributed by atoms with Crippen LogP contribution in [0.2, 0.25) is 0 Å². The van der Waals surface area contributed by atoms with Crippen LogP contribution < -0.4 is 10.6 Å². The summed E-state index contributed by atoms with van der Waals surface area (Å²) in [6.45, 7) is 10.5. The number of ether oxygens (including phenoxy) is 1. The van der Waals surface area contributed by atoms with Crippen LogP contribution in [0, 0.1) is 18.8 Å². The maximum Gasteiger partial charge on any atom is 0.220 e. The van der Waals surface area contributed by atoms with Crippen molar-refractivity contribution < 1.29 is 9.53 Å². The smallest absolute Gasteiger partial charge is 0.220 e. The second kappa shape index (κ2) is 10.2. The summed E-state index contributed by atoms with van der Waals surface area (Å²) >= 11 is 0. The minimum absolute atomic E-state index is 0.186. The Morgan fingerprint density at radius 3 is 2.56 bits per heavy atom. The van der Waals surface area contributed by atoms with Gasteiger partial charge in [-0.3, -0.25) is 9.69 Å². The number of aryl methyl sites for hydroxylation is 1. The van der Waals surface area contributed by atoms with E-state index in [1.54, 1.807) is 0 Å². The van der Waals surface area contributed by atoms with Crippen LogP contribution >= 0.6 is 0 Å². The molecule has 0 aliphatic carbocycles. The Balaban J connectivity index is 1.56. The lowest BCUT2D eigenvalue weighted by atomic mass is 9.84. The third kappa shape index (κ3) is 6.03. The van der Waals surface area contributed by atoms with E-state index < -0.39 is 0 Å². The van der Waals surface area contributed by atoms with Gasteiger partial charge in [0.25, 0.3) is 0 Å². The van der Waals surface area contributed by atoms with Crippen LogP contribution in [0.15, 0.2) is 24.3 Å². The van der Waals surface area contributed by atoms with Gasteiger partial charge in [0.2, 0.25) is 5.91 Å². The van der Waals surface area contributed by atoms with Crippen molar-refractivity contribution in [2.75, 3.05) is 45.9 Å².